The summed E-state index contributed by atoms with van der Waals surface area (Å²) >= 11 is 6.03. The molecular formula is C10H13ClSi. The molecule has 0 aliphatic heterocycles. The third-order valence-electron chi connectivity index (χ3n) is 1.92. The molecule has 2 heteroatoms. The van der Waals surface area contributed by atoms with Gasteiger partial charge in [0.1, 0.15) is 0 Å². The maximum absolute atomic E-state index is 6.03. The molecule has 0 amide bonds. The highest BCUT2D eigenvalue weighted by molar-refractivity contribution is 6.64. The molecule has 0 saturated heterocycles. The summed E-state index contributed by atoms with van der Waals surface area (Å²) in [6.45, 7) is 4.26. The molecule has 0 aromatic heterocycles. The van der Waals surface area contributed by atoms with Crippen LogP contribution in [-0.2, 0) is 0 Å². The average Bonchev–Trinajstić information content (AvgIpc) is 2.09. The summed E-state index contributed by atoms with van der Waals surface area (Å²) in [5, 5.41) is 3.75. The molecule has 64 valence electrons. The fourth-order valence-corrected chi connectivity index (χ4v) is 2.73. The molecule has 0 unspecified atom stereocenters. The van der Waals surface area contributed by atoms with Crippen LogP contribution in [0.4, 0.5) is 0 Å². The lowest BCUT2D eigenvalue weighted by molar-refractivity contribution is 1.57. The highest BCUT2D eigenvalue weighted by Crippen LogP contribution is 2.04. The van der Waals surface area contributed by atoms with E-state index in [2.05, 4.69) is 32.1 Å². The van der Waals surface area contributed by atoms with E-state index in [9.17, 15) is 0 Å². The van der Waals surface area contributed by atoms with E-state index < -0.39 is 0 Å². The molecule has 0 N–H and O–H groups in total. The standard InChI is InChI=1S/C10H13ClSi/c1-3-8(2)12-10-7-5-4-6-9(10)11/h3-7H,12H2,1-2H3. The Bertz CT molecular complexity index is 292. The van der Waals surface area contributed by atoms with Crippen LogP contribution in [0.3, 0.4) is 0 Å². The minimum Gasteiger partial charge on any atom is -0.0928 e. The molecular weight excluding hydrogens is 184 g/mol. The van der Waals surface area contributed by atoms with E-state index in [0.717, 1.165) is 5.02 Å². The van der Waals surface area contributed by atoms with Crippen LogP contribution in [0.25, 0.3) is 0 Å². The summed E-state index contributed by atoms with van der Waals surface area (Å²) in [5.41, 5.74) is 0. The van der Waals surface area contributed by atoms with Crippen LogP contribution in [0.2, 0.25) is 5.02 Å². The Morgan fingerprint density at radius 1 is 1.42 bits per heavy atom. The highest BCUT2D eigenvalue weighted by Gasteiger charge is 1.98. The third kappa shape index (κ3) is 2.50. The van der Waals surface area contributed by atoms with Gasteiger partial charge in [0.05, 0.1) is 9.52 Å². The maximum Gasteiger partial charge on any atom is 0.0835 e. The number of hydrogen-bond donors (Lipinski definition) is 0. The van der Waals surface area contributed by atoms with E-state index in [4.69, 9.17) is 11.6 Å². The maximum atomic E-state index is 6.03. The molecule has 1 rings (SSSR count). The van der Waals surface area contributed by atoms with Gasteiger partial charge < -0.3 is 0 Å². The van der Waals surface area contributed by atoms with Crippen LogP contribution in [0.15, 0.2) is 35.5 Å². The van der Waals surface area contributed by atoms with Gasteiger partial charge in [0, 0.05) is 5.02 Å². The van der Waals surface area contributed by atoms with Gasteiger partial charge in [-0.2, -0.15) is 0 Å². The first-order valence-electron chi connectivity index (χ1n) is 4.09. The first kappa shape index (κ1) is 9.55. The summed E-state index contributed by atoms with van der Waals surface area (Å²) < 4.78 is 0. The summed E-state index contributed by atoms with van der Waals surface area (Å²) in [4.78, 5) is 0. The van der Waals surface area contributed by atoms with Gasteiger partial charge in [0.15, 0.2) is 0 Å². The molecule has 0 aliphatic rings. The van der Waals surface area contributed by atoms with E-state index >= 15 is 0 Å². The van der Waals surface area contributed by atoms with Crippen molar-refractivity contribution in [1.82, 2.24) is 0 Å². The van der Waals surface area contributed by atoms with E-state index in [1.807, 2.05) is 12.1 Å². The van der Waals surface area contributed by atoms with E-state index in [0.29, 0.717) is 0 Å². The molecule has 0 atom stereocenters. The van der Waals surface area contributed by atoms with Crippen molar-refractivity contribution in [2.75, 3.05) is 0 Å². The predicted octanol–water partition coefficient (Wildman–Crippen LogP) is 2.06. The molecule has 1 aromatic carbocycles. The van der Waals surface area contributed by atoms with Gasteiger partial charge in [-0.3, -0.25) is 0 Å². The van der Waals surface area contributed by atoms with E-state index in [-0.39, 0.29) is 9.52 Å². The van der Waals surface area contributed by atoms with Crippen molar-refractivity contribution >= 4 is 26.3 Å². The molecule has 0 heterocycles. The zero-order valence-electron chi connectivity index (χ0n) is 7.47. The third-order valence-corrected chi connectivity index (χ3v) is 4.48. The van der Waals surface area contributed by atoms with Crippen molar-refractivity contribution in [3.8, 4) is 0 Å². The van der Waals surface area contributed by atoms with E-state index in [1.165, 1.54) is 10.4 Å². The number of benzene rings is 1. The van der Waals surface area contributed by atoms with Gasteiger partial charge >= 0.3 is 0 Å². The van der Waals surface area contributed by atoms with Crippen LogP contribution >= 0.6 is 11.6 Å². The Kier molecular flexibility index (Phi) is 3.57. The van der Waals surface area contributed by atoms with Gasteiger partial charge in [-0.25, -0.2) is 0 Å². The molecule has 0 spiro atoms. The van der Waals surface area contributed by atoms with Crippen LogP contribution in [0.5, 0.6) is 0 Å². The Labute approximate surface area is 81.1 Å². The molecule has 0 nitrogen and oxygen atoms in total. The zero-order chi connectivity index (χ0) is 8.97. The lowest BCUT2D eigenvalue weighted by atomic mass is 10.4. The van der Waals surface area contributed by atoms with Crippen molar-refractivity contribution in [2.45, 2.75) is 13.8 Å². The minimum absolute atomic E-state index is 0.287. The van der Waals surface area contributed by atoms with Crippen LogP contribution in [-0.4, -0.2) is 9.52 Å². The van der Waals surface area contributed by atoms with Crippen molar-refractivity contribution in [2.24, 2.45) is 0 Å². The predicted molar refractivity (Wildman–Crippen MR) is 59.1 cm³/mol. The lowest BCUT2D eigenvalue weighted by Crippen LogP contribution is -2.15. The molecule has 0 radical (unpaired) electrons. The molecule has 12 heavy (non-hydrogen) atoms. The summed E-state index contributed by atoms with van der Waals surface area (Å²) in [5.74, 6) is 0. The second-order valence-electron chi connectivity index (χ2n) is 2.90. The topological polar surface area (TPSA) is 0 Å². The molecule has 0 aliphatic carbocycles. The smallest absolute Gasteiger partial charge is 0.0835 e. The van der Waals surface area contributed by atoms with E-state index in [1.54, 1.807) is 0 Å². The molecule has 0 saturated carbocycles. The van der Waals surface area contributed by atoms with Crippen LogP contribution in [0.1, 0.15) is 13.8 Å². The summed E-state index contributed by atoms with van der Waals surface area (Å²) in [6.07, 6.45) is 2.18. The van der Waals surface area contributed by atoms with Crippen molar-refractivity contribution in [1.29, 1.82) is 0 Å². The van der Waals surface area contributed by atoms with Gasteiger partial charge in [-0.05, 0) is 25.1 Å². The minimum atomic E-state index is -0.287. The Balaban J connectivity index is 2.82. The highest BCUT2D eigenvalue weighted by atomic mass is 35.5. The normalized spacial score (nSPS) is 12.8. The number of allylic oxidation sites excluding steroid dienone is 2. The molecule has 0 bridgehead atoms. The van der Waals surface area contributed by atoms with Gasteiger partial charge in [-0.15, -0.1) is 0 Å². The Morgan fingerprint density at radius 3 is 2.67 bits per heavy atom. The largest absolute Gasteiger partial charge is 0.0928 e. The van der Waals surface area contributed by atoms with Crippen molar-refractivity contribution in [3.05, 3.63) is 40.6 Å². The first-order valence-corrected chi connectivity index (χ1v) is 5.88. The zero-order valence-corrected chi connectivity index (χ0v) is 9.64. The van der Waals surface area contributed by atoms with Crippen LogP contribution < -0.4 is 5.19 Å². The van der Waals surface area contributed by atoms with Crippen molar-refractivity contribution in [3.63, 3.8) is 0 Å². The molecule has 0 fully saturated rings. The Morgan fingerprint density at radius 2 is 2.08 bits per heavy atom. The van der Waals surface area contributed by atoms with Crippen molar-refractivity contribution < 1.29 is 0 Å². The monoisotopic (exact) mass is 196 g/mol. The fourth-order valence-electron chi connectivity index (χ4n) is 1.04. The van der Waals surface area contributed by atoms with Gasteiger partial charge in [0.25, 0.3) is 0 Å². The second kappa shape index (κ2) is 4.48. The Hall–Kier alpha value is -0.533. The SMILES string of the molecule is CC=C(C)[SiH2]c1ccccc1Cl. The van der Waals surface area contributed by atoms with Gasteiger partial charge in [0.2, 0.25) is 0 Å². The first-order chi connectivity index (χ1) is 5.74. The summed E-state index contributed by atoms with van der Waals surface area (Å²) in [7, 11) is -0.287. The van der Waals surface area contributed by atoms with Crippen LogP contribution in [0, 0.1) is 0 Å². The second-order valence-corrected chi connectivity index (χ2v) is 5.54. The molecule has 1 aromatic rings. The number of halogens is 1. The quantitative estimate of drug-likeness (QED) is 0.636. The number of rotatable bonds is 2. The number of hydrogen-bond acceptors (Lipinski definition) is 0. The lowest BCUT2D eigenvalue weighted by Gasteiger charge is -2.02. The summed E-state index contributed by atoms with van der Waals surface area (Å²) in [6, 6.07) is 8.12. The fraction of sp³-hybridized carbons (Fsp3) is 0.200. The average molecular weight is 197 g/mol. The van der Waals surface area contributed by atoms with Gasteiger partial charge in [-0.1, -0.05) is 41.1 Å².